The predicted octanol–water partition coefficient (Wildman–Crippen LogP) is 8.04. The van der Waals surface area contributed by atoms with E-state index in [9.17, 15) is 9.90 Å². The Morgan fingerprint density at radius 3 is 2.31 bits per heavy atom. The molecular weight excluding hydrogens is 715 g/mol. The molecule has 268 valence electrons. The molecule has 0 aliphatic heterocycles. The van der Waals surface area contributed by atoms with Gasteiger partial charge in [0.2, 0.25) is 11.6 Å². The minimum absolute atomic E-state index is 0.0115. The van der Waals surface area contributed by atoms with Crippen LogP contribution in [-0.2, 0) is 15.6 Å². The summed E-state index contributed by atoms with van der Waals surface area (Å²) in [6.07, 6.45) is 3.73. The molecule has 3 aliphatic carbocycles. The van der Waals surface area contributed by atoms with E-state index in [0.29, 0.717) is 30.6 Å². The second-order valence-corrected chi connectivity index (χ2v) is 20.7. The molecule has 1 heterocycles. The van der Waals surface area contributed by atoms with Gasteiger partial charge in [0.05, 0.1) is 34.9 Å². The fourth-order valence-corrected chi connectivity index (χ4v) is 9.20. The first-order chi connectivity index (χ1) is 23.0. The molecule has 1 aromatic heterocycles. The van der Waals surface area contributed by atoms with E-state index in [2.05, 4.69) is 21.1 Å². The standard InChI is InChI=1S/C36H48BrFN2O8Si/c1-10-12-14-45-30-21(18-41)27(38)26(37)20-16-19-17-22-28(40(6)7)31-25(34(39-47-31)46-15-13-11-2)33(44)36(22,48-49(8,9)35(3,4)5)32(43)23(19)29(42)24(20)30/h18-19,22,28,42H,10-17H2,1-9H3/t19-,22-,28-,36-/m0/s1. The van der Waals surface area contributed by atoms with Gasteiger partial charge in [-0.05, 0) is 90.5 Å². The molecule has 13 heteroatoms. The highest BCUT2D eigenvalue weighted by Gasteiger charge is 2.69. The number of ketones is 2. The van der Waals surface area contributed by atoms with Crippen LogP contribution in [0.15, 0.2) is 14.6 Å². The number of carbonyl (C=O) groups is 3. The minimum atomic E-state index is -2.91. The highest BCUT2D eigenvalue weighted by atomic mass is 79.9. The third-order valence-electron chi connectivity index (χ3n) is 10.7. The van der Waals surface area contributed by atoms with Crippen LogP contribution in [-0.4, -0.2) is 74.2 Å². The molecule has 0 bridgehead atoms. The van der Waals surface area contributed by atoms with Crippen molar-refractivity contribution in [1.29, 1.82) is 0 Å². The molecule has 1 N–H and O–H groups in total. The first kappa shape index (κ1) is 37.4. The van der Waals surface area contributed by atoms with Crippen LogP contribution in [0.4, 0.5) is 4.39 Å². The smallest absolute Gasteiger partial charge is 0.265 e. The summed E-state index contributed by atoms with van der Waals surface area (Å²) >= 11 is 3.34. The maximum Gasteiger partial charge on any atom is 0.265 e. The molecule has 0 unspecified atom stereocenters. The third kappa shape index (κ3) is 5.91. The van der Waals surface area contributed by atoms with Crippen LogP contribution >= 0.6 is 15.9 Å². The molecule has 5 rings (SSSR count). The van der Waals surface area contributed by atoms with Crippen molar-refractivity contribution >= 4 is 47.9 Å². The van der Waals surface area contributed by atoms with Gasteiger partial charge in [0.25, 0.3) is 5.88 Å². The van der Waals surface area contributed by atoms with Gasteiger partial charge in [0.1, 0.15) is 17.1 Å². The van der Waals surface area contributed by atoms with Crippen molar-refractivity contribution in [2.24, 2.45) is 11.8 Å². The predicted molar refractivity (Wildman–Crippen MR) is 188 cm³/mol. The number of halogens is 2. The van der Waals surface area contributed by atoms with Crippen molar-refractivity contribution in [2.45, 2.75) is 103 Å². The Bertz CT molecular complexity index is 1700. The summed E-state index contributed by atoms with van der Waals surface area (Å²) in [6, 6.07) is -0.618. The molecule has 3 aliphatic rings. The van der Waals surface area contributed by atoms with E-state index >= 15 is 14.0 Å². The van der Waals surface area contributed by atoms with Gasteiger partial charge >= 0.3 is 0 Å². The monoisotopic (exact) mass is 762 g/mol. The first-order valence-electron chi connectivity index (χ1n) is 17.1. The number of ether oxygens (including phenoxy) is 2. The Morgan fingerprint density at radius 2 is 1.73 bits per heavy atom. The van der Waals surface area contributed by atoms with Gasteiger partial charge in [-0.15, -0.1) is 0 Å². The van der Waals surface area contributed by atoms with Gasteiger partial charge < -0.3 is 23.5 Å². The van der Waals surface area contributed by atoms with Crippen LogP contribution in [0, 0.1) is 17.7 Å². The number of benzene rings is 1. The quantitative estimate of drug-likeness (QED) is 0.0982. The van der Waals surface area contributed by atoms with Crippen LogP contribution in [0.3, 0.4) is 0 Å². The number of fused-ring (bicyclic) bond motifs is 4. The van der Waals surface area contributed by atoms with Crippen molar-refractivity contribution in [3.63, 3.8) is 0 Å². The number of aromatic nitrogens is 1. The molecule has 49 heavy (non-hydrogen) atoms. The van der Waals surface area contributed by atoms with Crippen LogP contribution in [0.1, 0.15) is 110 Å². The minimum Gasteiger partial charge on any atom is -0.507 e. The van der Waals surface area contributed by atoms with Crippen molar-refractivity contribution in [3.8, 4) is 11.6 Å². The maximum atomic E-state index is 15.7. The lowest BCUT2D eigenvalue weighted by molar-refractivity contribution is -0.140. The van der Waals surface area contributed by atoms with E-state index in [1.165, 1.54) is 0 Å². The number of aliphatic hydroxyl groups excluding tert-OH is 1. The number of hydrogen-bond acceptors (Lipinski definition) is 10. The average molecular weight is 764 g/mol. The zero-order valence-corrected chi connectivity index (χ0v) is 32.5. The summed E-state index contributed by atoms with van der Waals surface area (Å²) in [7, 11) is 0.784. The molecule has 2 aromatic rings. The van der Waals surface area contributed by atoms with E-state index < -0.39 is 60.0 Å². The Kier molecular flexibility index (Phi) is 10.4. The molecule has 0 saturated heterocycles. The van der Waals surface area contributed by atoms with Gasteiger partial charge in [-0.25, -0.2) is 4.39 Å². The summed E-state index contributed by atoms with van der Waals surface area (Å²) in [5, 5.41) is 16.0. The number of Topliss-reactive ketones (excluding diaryl/α,β-unsaturated/α-hetero) is 2. The maximum absolute atomic E-state index is 15.7. The molecule has 1 saturated carbocycles. The van der Waals surface area contributed by atoms with Gasteiger partial charge in [-0.3, -0.25) is 19.3 Å². The normalized spacial score (nSPS) is 23.6. The van der Waals surface area contributed by atoms with Crippen LogP contribution in [0.25, 0.3) is 5.76 Å². The van der Waals surface area contributed by atoms with Gasteiger partial charge in [-0.1, -0.05) is 47.5 Å². The van der Waals surface area contributed by atoms with Crippen molar-refractivity contribution < 1.29 is 42.3 Å². The number of carbonyl (C=O) groups excluding carboxylic acids is 3. The Morgan fingerprint density at radius 1 is 1.10 bits per heavy atom. The number of hydrogen-bond donors (Lipinski definition) is 1. The van der Waals surface area contributed by atoms with Crippen LogP contribution in [0.5, 0.6) is 11.6 Å². The SMILES string of the molecule is CCCCOc1noc2c1C(=O)[C@@]1(O[Si](C)(C)C(C)(C)C)C(=O)C3=C(O)c4c(c(Br)c(F)c(C=O)c4OCCCC)C[C@H]3C[C@H]1[C@@H]2N(C)C. The van der Waals surface area contributed by atoms with Crippen LogP contribution in [0.2, 0.25) is 18.1 Å². The molecule has 0 spiro atoms. The van der Waals surface area contributed by atoms with E-state index in [1.807, 2.05) is 66.7 Å². The van der Waals surface area contributed by atoms with Gasteiger partial charge in [-0.2, -0.15) is 0 Å². The summed E-state index contributed by atoms with van der Waals surface area (Å²) in [4.78, 5) is 44.8. The zero-order valence-electron chi connectivity index (χ0n) is 29.9. The molecule has 1 fully saturated rings. The van der Waals surface area contributed by atoms with E-state index in [1.54, 1.807) is 0 Å². The van der Waals surface area contributed by atoms with Crippen molar-refractivity contribution in [1.82, 2.24) is 10.1 Å². The number of unbranched alkanes of at least 4 members (excludes halogenated alkanes) is 2. The summed E-state index contributed by atoms with van der Waals surface area (Å²) in [5.74, 6) is -3.65. The lowest BCUT2D eigenvalue weighted by Crippen LogP contribution is -2.68. The largest absolute Gasteiger partial charge is 0.507 e. The molecular formula is C36H48BrFN2O8Si. The molecule has 10 nitrogen and oxygen atoms in total. The average Bonchev–Trinajstić information content (AvgIpc) is 3.43. The van der Waals surface area contributed by atoms with Crippen molar-refractivity contribution in [2.75, 3.05) is 27.3 Å². The molecule has 0 radical (unpaired) electrons. The fraction of sp³-hybridized carbons (Fsp3) is 0.611. The lowest BCUT2D eigenvalue weighted by atomic mass is 9.57. The van der Waals surface area contributed by atoms with E-state index in [4.69, 9.17) is 18.4 Å². The summed E-state index contributed by atoms with van der Waals surface area (Å²) in [6.45, 7) is 14.5. The number of nitrogens with zero attached hydrogens (tertiary/aromatic N) is 2. The van der Waals surface area contributed by atoms with E-state index in [-0.39, 0.29) is 57.8 Å². The van der Waals surface area contributed by atoms with Crippen LogP contribution < -0.4 is 9.47 Å². The summed E-state index contributed by atoms with van der Waals surface area (Å²) < 4.78 is 40.7. The second kappa shape index (κ2) is 13.7. The zero-order chi connectivity index (χ0) is 36.2. The van der Waals surface area contributed by atoms with E-state index in [0.717, 1.165) is 19.3 Å². The van der Waals surface area contributed by atoms with Gasteiger partial charge in [0.15, 0.2) is 31.8 Å². The Balaban J connectivity index is 1.81. The van der Waals surface area contributed by atoms with Gasteiger partial charge in [0, 0.05) is 11.5 Å². The molecule has 1 aromatic carbocycles. The first-order valence-corrected chi connectivity index (χ1v) is 20.8. The fourth-order valence-electron chi connectivity index (χ4n) is 7.18. The molecule has 4 atom stereocenters. The Labute approximate surface area is 297 Å². The second-order valence-electron chi connectivity index (χ2n) is 15.1. The highest BCUT2D eigenvalue weighted by molar-refractivity contribution is 9.10. The summed E-state index contributed by atoms with van der Waals surface area (Å²) in [5.41, 5.74) is -1.85. The number of aliphatic hydroxyl groups is 1. The lowest BCUT2D eigenvalue weighted by Gasteiger charge is -2.55. The topological polar surface area (TPSA) is 128 Å². The van der Waals surface area contributed by atoms with Crippen molar-refractivity contribution in [3.05, 3.63) is 43.9 Å². The molecule has 0 amide bonds. The number of aldehydes is 1. The number of rotatable bonds is 12. The third-order valence-corrected chi connectivity index (χ3v) is 16.0. The highest BCUT2D eigenvalue weighted by Crippen LogP contribution is 2.59. The Hall–Kier alpha value is -2.87.